The second-order valence-corrected chi connectivity index (χ2v) is 9.32. The number of nitrogens with one attached hydrogen (secondary N) is 1. The number of aryl methyl sites for hydroxylation is 1. The van der Waals surface area contributed by atoms with Crippen molar-refractivity contribution >= 4 is 17.7 Å². The fourth-order valence-electron chi connectivity index (χ4n) is 4.36. The van der Waals surface area contributed by atoms with Crippen LogP contribution in [0, 0.1) is 6.92 Å². The van der Waals surface area contributed by atoms with Crippen LogP contribution in [0.15, 0.2) is 47.6 Å². The molecule has 5 atom stereocenters. The van der Waals surface area contributed by atoms with E-state index in [0.717, 1.165) is 5.56 Å². The van der Waals surface area contributed by atoms with E-state index in [1.165, 1.54) is 7.11 Å². The van der Waals surface area contributed by atoms with Crippen molar-refractivity contribution in [3.8, 4) is 5.75 Å². The Morgan fingerprint density at radius 3 is 2.27 bits per heavy atom. The molecule has 11 heteroatoms. The minimum absolute atomic E-state index is 0. The van der Waals surface area contributed by atoms with Gasteiger partial charge in [0.25, 0.3) is 5.91 Å². The predicted molar refractivity (Wildman–Crippen MR) is 151 cm³/mol. The van der Waals surface area contributed by atoms with Crippen LogP contribution in [0.3, 0.4) is 0 Å². The number of benzene rings is 1. The maximum atomic E-state index is 12.8. The zero-order valence-electron chi connectivity index (χ0n) is 23.3. The van der Waals surface area contributed by atoms with Crippen molar-refractivity contribution in [3.05, 3.63) is 58.7 Å². The Balaban J connectivity index is 0.00000760. The van der Waals surface area contributed by atoms with Gasteiger partial charge in [-0.15, -0.1) is 0 Å². The number of phenolic OH excluding ortho intramolecular Hbond substituents is 1. The van der Waals surface area contributed by atoms with Gasteiger partial charge in [0, 0.05) is 53.5 Å². The molecule has 0 aromatic heterocycles. The summed E-state index contributed by atoms with van der Waals surface area (Å²) in [5.74, 6) is -0.634. The van der Waals surface area contributed by atoms with E-state index in [1.807, 2.05) is 13.0 Å². The average Bonchev–Trinajstić information content (AvgIpc) is 2.88. The monoisotopic (exact) mass is 732 g/mol. The maximum absolute atomic E-state index is 12.8. The molecular formula is C29H44N2O8W. The standard InChI is InChI=1S/C28H40N2O8.CH4.W/c1-16-14-19-21(31)11-13-23(36-5)22(35-4)12-10-17(2)26(38-28(29)34)24(37-6)9-7-8-18(3)27(33)30-20(15-16)25(19)32;;/h7-10,14-15,21-24,26,31-32H,11-13H2,1-6H3,(H2,29,34)(H,30,33);1H4;/b9-7-,17-10+,18-8+;;. The maximum Gasteiger partial charge on any atom is 0.405 e. The van der Waals surface area contributed by atoms with Gasteiger partial charge in [0.05, 0.1) is 24.0 Å². The molecule has 1 aliphatic heterocycles. The Kier molecular flexibility index (Phi) is 16.9. The SMILES string of the molecule is C.COC1/C=C\C=C(/C)C(=O)Nc2cc(C)cc(c2O)C(O)CCC(OC)C(OC)C/C=C(\C)C1OC(N)=O.[W]. The smallest absolute Gasteiger partial charge is 0.405 e. The summed E-state index contributed by atoms with van der Waals surface area (Å²) in [6.07, 6.45) is 3.60. The number of amides is 2. The van der Waals surface area contributed by atoms with Crippen molar-refractivity contribution in [2.75, 3.05) is 26.6 Å². The number of carbonyl (C=O) groups excluding carboxylic acids is 2. The Hall–Kier alpha value is -2.49. The number of allylic oxidation sites excluding steroid dienone is 2. The quantitative estimate of drug-likeness (QED) is 0.262. The van der Waals surface area contributed by atoms with Crippen molar-refractivity contribution in [2.24, 2.45) is 5.73 Å². The summed E-state index contributed by atoms with van der Waals surface area (Å²) < 4.78 is 22.3. The zero-order chi connectivity index (χ0) is 28.4. The number of fused-ring (bicyclic) bond motifs is 2. The number of anilines is 1. The number of methoxy groups -OCH3 is 3. The number of aliphatic hydroxyl groups excluding tert-OH is 1. The van der Waals surface area contributed by atoms with E-state index in [0.29, 0.717) is 29.6 Å². The summed E-state index contributed by atoms with van der Waals surface area (Å²) in [5, 5.41) is 24.5. The molecule has 2 bridgehead atoms. The first-order valence-corrected chi connectivity index (χ1v) is 12.4. The number of phenols is 1. The first-order valence-electron chi connectivity index (χ1n) is 12.4. The van der Waals surface area contributed by atoms with Gasteiger partial charge in [0.1, 0.15) is 11.9 Å². The zero-order valence-corrected chi connectivity index (χ0v) is 26.2. The number of nitrogens with two attached hydrogens (primary N) is 1. The van der Waals surface area contributed by atoms with E-state index in [9.17, 15) is 19.8 Å². The summed E-state index contributed by atoms with van der Waals surface area (Å²) in [6, 6.07) is 3.32. The van der Waals surface area contributed by atoms with E-state index in [-0.39, 0.29) is 58.6 Å². The Morgan fingerprint density at radius 1 is 1.05 bits per heavy atom. The van der Waals surface area contributed by atoms with Gasteiger partial charge < -0.3 is 40.2 Å². The first kappa shape index (κ1) is 37.5. The molecule has 0 fully saturated rings. The van der Waals surface area contributed by atoms with E-state index < -0.39 is 30.3 Å². The third-order valence-electron chi connectivity index (χ3n) is 6.58. The molecular weight excluding hydrogens is 688 g/mol. The van der Waals surface area contributed by atoms with Crippen molar-refractivity contribution in [3.63, 3.8) is 0 Å². The van der Waals surface area contributed by atoms with Gasteiger partial charge in [-0.1, -0.05) is 31.7 Å². The minimum atomic E-state index is -1.00. The fraction of sp³-hybridized carbons (Fsp3) is 0.517. The minimum Gasteiger partial charge on any atom is -0.505 e. The largest absolute Gasteiger partial charge is 0.505 e. The number of ether oxygens (including phenoxy) is 4. The van der Waals surface area contributed by atoms with Crippen LogP contribution >= 0.6 is 0 Å². The molecule has 1 aliphatic rings. The van der Waals surface area contributed by atoms with Gasteiger partial charge in [-0.05, 0) is 63.3 Å². The number of primary amides is 1. The van der Waals surface area contributed by atoms with E-state index >= 15 is 0 Å². The molecule has 2 rings (SSSR count). The third-order valence-corrected chi connectivity index (χ3v) is 6.58. The fourth-order valence-corrected chi connectivity index (χ4v) is 4.36. The number of aromatic hydroxyl groups is 1. The number of hydrogen-bond donors (Lipinski definition) is 4. The molecule has 2 amide bonds. The second kappa shape index (κ2) is 18.0. The average molecular weight is 733 g/mol. The number of hydrogen-bond acceptors (Lipinski definition) is 8. The van der Waals surface area contributed by atoms with Crippen LogP contribution in [0.2, 0.25) is 0 Å². The first-order chi connectivity index (χ1) is 18.0. The molecule has 5 N–H and O–H groups in total. The molecule has 224 valence electrons. The Bertz CT molecular complexity index is 1070. The van der Waals surface area contributed by atoms with Gasteiger partial charge in [-0.25, -0.2) is 4.79 Å². The molecule has 0 saturated heterocycles. The molecule has 5 unspecified atom stereocenters. The van der Waals surface area contributed by atoms with Crippen molar-refractivity contribution in [1.29, 1.82) is 0 Å². The molecule has 1 aromatic carbocycles. The van der Waals surface area contributed by atoms with Gasteiger partial charge in [0.2, 0.25) is 0 Å². The van der Waals surface area contributed by atoms with E-state index in [1.54, 1.807) is 58.4 Å². The van der Waals surface area contributed by atoms with Crippen LogP contribution in [0.4, 0.5) is 10.5 Å². The molecule has 1 heterocycles. The number of carbonyl (C=O) groups is 2. The van der Waals surface area contributed by atoms with Gasteiger partial charge in [0.15, 0.2) is 6.10 Å². The van der Waals surface area contributed by atoms with E-state index in [2.05, 4.69) is 5.32 Å². The van der Waals surface area contributed by atoms with Gasteiger partial charge in [-0.2, -0.15) is 0 Å². The summed E-state index contributed by atoms with van der Waals surface area (Å²) in [4.78, 5) is 24.5. The van der Waals surface area contributed by atoms with Crippen LogP contribution < -0.4 is 11.1 Å². The molecule has 10 nitrogen and oxygen atoms in total. The van der Waals surface area contributed by atoms with Crippen LogP contribution in [0.5, 0.6) is 5.75 Å². The Labute approximate surface area is 251 Å². The van der Waals surface area contributed by atoms with Crippen molar-refractivity contribution in [1.82, 2.24) is 0 Å². The second-order valence-electron chi connectivity index (χ2n) is 9.32. The topological polar surface area (TPSA) is 150 Å². The third kappa shape index (κ3) is 10.5. The molecule has 0 spiro atoms. The number of rotatable bonds is 4. The summed E-state index contributed by atoms with van der Waals surface area (Å²) in [5.41, 5.74) is 7.64. The molecule has 0 saturated carbocycles. The van der Waals surface area contributed by atoms with Crippen molar-refractivity contribution in [2.45, 2.75) is 78.0 Å². The molecule has 1 aromatic rings. The van der Waals surface area contributed by atoms with Crippen LogP contribution in [0.25, 0.3) is 0 Å². The summed E-state index contributed by atoms with van der Waals surface area (Å²) in [6.45, 7) is 5.22. The molecule has 0 radical (unpaired) electrons. The van der Waals surface area contributed by atoms with Crippen LogP contribution in [-0.4, -0.2) is 68.0 Å². The summed E-state index contributed by atoms with van der Waals surface area (Å²) >= 11 is 0. The normalized spacial score (nSPS) is 27.9. The molecule has 0 aliphatic carbocycles. The predicted octanol–water partition coefficient (Wildman–Crippen LogP) is 4.45. The van der Waals surface area contributed by atoms with Gasteiger partial charge >= 0.3 is 6.09 Å². The molecule has 40 heavy (non-hydrogen) atoms. The number of aliphatic hydroxyl groups is 1. The van der Waals surface area contributed by atoms with Gasteiger partial charge in [-0.3, -0.25) is 4.79 Å². The summed E-state index contributed by atoms with van der Waals surface area (Å²) in [7, 11) is 4.60. The van der Waals surface area contributed by atoms with Crippen LogP contribution in [-0.2, 0) is 44.8 Å². The van der Waals surface area contributed by atoms with Crippen molar-refractivity contribution < 1.29 is 59.8 Å². The van der Waals surface area contributed by atoms with Crippen LogP contribution in [0.1, 0.15) is 57.8 Å². The van der Waals surface area contributed by atoms with E-state index in [4.69, 9.17) is 24.7 Å². The Morgan fingerprint density at radius 2 is 1.70 bits per heavy atom.